The van der Waals surface area contributed by atoms with Gasteiger partial charge in [-0.05, 0) is 25.3 Å². The van der Waals surface area contributed by atoms with Gasteiger partial charge in [-0.15, -0.1) is 0 Å². The minimum absolute atomic E-state index is 0.0319. The van der Waals surface area contributed by atoms with Crippen molar-refractivity contribution in [2.45, 2.75) is 31.8 Å². The molecule has 0 unspecified atom stereocenters. The molecule has 2 aliphatic heterocycles. The van der Waals surface area contributed by atoms with Crippen LogP contribution in [0.1, 0.15) is 24.8 Å². The highest BCUT2D eigenvalue weighted by Gasteiger charge is 2.46. The smallest absolute Gasteiger partial charge is 0.227 e. The Morgan fingerprint density at radius 2 is 2.28 bits per heavy atom. The van der Waals surface area contributed by atoms with Gasteiger partial charge in [0.15, 0.2) is 0 Å². The lowest BCUT2D eigenvalue weighted by Gasteiger charge is -2.50. The minimum atomic E-state index is -0.368. The molecule has 2 fully saturated rings. The molecule has 6 heteroatoms. The summed E-state index contributed by atoms with van der Waals surface area (Å²) in [5.74, 6) is 0.0764. The van der Waals surface area contributed by atoms with Crippen LogP contribution in [0.3, 0.4) is 0 Å². The van der Waals surface area contributed by atoms with Crippen LogP contribution in [-0.4, -0.2) is 57.4 Å². The maximum Gasteiger partial charge on any atom is 0.227 e. The lowest BCUT2D eigenvalue weighted by molar-refractivity contribution is -0.161. The van der Waals surface area contributed by atoms with E-state index in [1.807, 2.05) is 4.90 Å². The van der Waals surface area contributed by atoms with Crippen LogP contribution >= 0.6 is 0 Å². The fourth-order valence-corrected chi connectivity index (χ4v) is 4.14. The highest BCUT2D eigenvalue weighted by atomic mass is 19.1. The van der Waals surface area contributed by atoms with E-state index in [0.717, 1.165) is 25.9 Å². The molecule has 1 aromatic carbocycles. The van der Waals surface area contributed by atoms with Gasteiger partial charge in [-0.1, -0.05) is 6.07 Å². The first kappa shape index (κ1) is 18.1. The van der Waals surface area contributed by atoms with E-state index >= 15 is 0 Å². The number of benzene rings is 1. The average molecular weight is 351 g/mol. The second kappa shape index (κ2) is 7.70. The van der Waals surface area contributed by atoms with E-state index < -0.39 is 0 Å². The number of methoxy groups -OCH3 is 2. The molecular formula is C19H26FNO4. The topological polar surface area (TPSA) is 48.0 Å². The molecule has 2 aliphatic rings. The van der Waals surface area contributed by atoms with Gasteiger partial charge in [-0.2, -0.15) is 0 Å². The molecule has 138 valence electrons. The molecule has 3 rings (SSSR count). The number of ether oxygens (including phenoxy) is 3. The molecule has 0 saturated carbocycles. The Morgan fingerprint density at radius 1 is 1.44 bits per heavy atom. The summed E-state index contributed by atoms with van der Waals surface area (Å²) in [4.78, 5) is 14.7. The van der Waals surface area contributed by atoms with Crippen LogP contribution in [0.4, 0.5) is 4.39 Å². The molecule has 5 nitrogen and oxygen atoms in total. The van der Waals surface area contributed by atoms with Crippen molar-refractivity contribution in [3.63, 3.8) is 0 Å². The molecule has 0 bridgehead atoms. The van der Waals surface area contributed by atoms with E-state index in [1.165, 1.54) is 19.2 Å². The normalized spacial score (nSPS) is 26.2. The van der Waals surface area contributed by atoms with Crippen LogP contribution < -0.4 is 4.74 Å². The number of hydrogen-bond donors (Lipinski definition) is 0. The van der Waals surface area contributed by atoms with Gasteiger partial charge in [0.1, 0.15) is 11.6 Å². The third kappa shape index (κ3) is 3.80. The zero-order valence-corrected chi connectivity index (χ0v) is 14.9. The molecule has 25 heavy (non-hydrogen) atoms. The summed E-state index contributed by atoms with van der Waals surface area (Å²) in [7, 11) is 3.19. The maximum absolute atomic E-state index is 13.3. The summed E-state index contributed by atoms with van der Waals surface area (Å²) in [6.07, 6.45) is 3.20. The van der Waals surface area contributed by atoms with Gasteiger partial charge < -0.3 is 19.1 Å². The summed E-state index contributed by atoms with van der Waals surface area (Å²) < 4.78 is 30.0. The molecular weight excluding hydrogens is 325 g/mol. The van der Waals surface area contributed by atoms with Crippen LogP contribution in [-0.2, 0) is 20.7 Å². The highest BCUT2D eigenvalue weighted by molar-refractivity contribution is 5.79. The van der Waals surface area contributed by atoms with Gasteiger partial charge in [0.2, 0.25) is 5.91 Å². The van der Waals surface area contributed by atoms with Crippen LogP contribution in [0.2, 0.25) is 0 Å². The molecule has 2 atom stereocenters. The summed E-state index contributed by atoms with van der Waals surface area (Å²) in [5.41, 5.74) is 0.588. The molecule has 2 heterocycles. The first-order valence-electron chi connectivity index (χ1n) is 8.79. The van der Waals surface area contributed by atoms with Crippen LogP contribution in [0, 0.1) is 11.2 Å². The Balaban J connectivity index is 1.72. The zero-order chi connectivity index (χ0) is 17.9. The molecule has 0 radical (unpaired) electrons. The summed E-state index contributed by atoms with van der Waals surface area (Å²) in [6, 6.07) is 4.29. The van der Waals surface area contributed by atoms with Gasteiger partial charge in [0.25, 0.3) is 0 Å². The Labute approximate surface area is 148 Å². The first-order valence-corrected chi connectivity index (χ1v) is 8.79. The van der Waals surface area contributed by atoms with Crippen molar-refractivity contribution < 1.29 is 23.4 Å². The lowest BCUT2D eigenvalue weighted by atomic mass is 9.73. The quantitative estimate of drug-likeness (QED) is 0.817. The van der Waals surface area contributed by atoms with Gasteiger partial charge in [0, 0.05) is 43.9 Å². The molecule has 0 aromatic heterocycles. The predicted molar refractivity (Wildman–Crippen MR) is 91.1 cm³/mol. The largest absolute Gasteiger partial charge is 0.496 e. The highest BCUT2D eigenvalue weighted by Crippen LogP contribution is 2.40. The van der Waals surface area contributed by atoms with E-state index in [0.29, 0.717) is 31.0 Å². The SMILES string of the molecule is COC[C@@]12CCCO[C@@H]1CCN(C(=O)Cc1ccc(F)cc1OC)C2. The van der Waals surface area contributed by atoms with Crippen LogP contribution in [0.5, 0.6) is 5.75 Å². The van der Waals surface area contributed by atoms with E-state index in [2.05, 4.69) is 0 Å². The van der Waals surface area contributed by atoms with E-state index in [4.69, 9.17) is 14.2 Å². The van der Waals surface area contributed by atoms with Crippen molar-refractivity contribution >= 4 is 5.91 Å². The van der Waals surface area contributed by atoms with Crippen LogP contribution in [0.15, 0.2) is 18.2 Å². The number of fused-ring (bicyclic) bond motifs is 1. The fourth-order valence-electron chi connectivity index (χ4n) is 4.14. The minimum Gasteiger partial charge on any atom is -0.496 e. The van der Waals surface area contributed by atoms with Crippen molar-refractivity contribution in [1.29, 1.82) is 0 Å². The second-order valence-electron chi connectivity index (χ2n) is 7.00. The fraction of sp³-hybridized carbons (Fsp3) is 0.632. The van der Waals surface area contributed by atoms with Crippen molar-refractivity contribution in [1.82, 2.24) is 4.90 Å². The number of halogens is 1. The third-order valence-electron chi connectivity index (χ3n) is 5.36. The number of likely N-dealkylation sites (tertiary alicyclic amines) is 1. The Bertz CT molecular complexity index is 619. The standard InChI is InChI=1S/C19H26FNO4/c1-23-13-19-7-3-9-25-17(19)6-8-21(12-19)18(22)10-14-4-5-15(20)11-16(14)24-2/h4-5,11,17H,3,6-10,12-13H2,1-2H3/t17-,19+/m1/s1. The number of piperidine rings is 1. The van der Waals surface area contributed by atoms with Gasteiger partial charge in [-0.3, -0.25) is 4.79 Å². The molecule has 2 saturated heterocycles. The van der Waals surface area contributed by atoms with Gasteiger partial charge in [-0.25, -0.2) is 4.39 Å². The Hall–Kier alpha value is -1.66. The van der Waals surface area contributed by atoms with Gasteiger partial charge in [0.05, 0.1) is 26.2 Å². The third-order valence-corrected chi connectivity index (χ3v) is 5.36. The van der Waals surface area contributed by atoms with E-state index in [1.54, 1.807) is 13.2 Å². The Morgan fingerprint density at radius 3 is 3.04 bits per heavy atom. The number of rotatable bonds is 5. The molecule has 0 aliphatic carbocycles. The first-order chi connectivity index (χ1) is 12.1. The van der Waals surface area contributed by atoms with Gasteiger partial charge >= 0.3 is 0 Å². The number of amides is 1. The summed E-state index contributed by atoms with van der Waals surface area (Å²) in [6.45, 7) is 2.71. The average Bonchev–Trinajstić information content (AvgIpc) is 2.62. The maximum atomic E-state index is 13.3. The van der Waals surface area contributed by atoms with E-state index in [-0.39, 0.29) is 29.7 Å². The number of nitrogens with zero attached hydrogens (tertiary/aromatic N) is 1. The predicted octanol–water partition coefficient (Wildman–Crippen LogP) is 2.42. The van der Waals surface area contributed by atoms with Crippen molar-refractivity contribution in [2.24, 2.45) is 5.41 Å². The van der Waals surface area contributed by atoms with Crippen molar-refractivity contribution in [3.05, 3.63) is 29.6 Å². The molecule has 1 aromatic rings. The van der Waals surface area contributed by atoms with Crippen LogP contribution in [0.25, 0.3) is 0 Å². The molecule has 0 spiro atoms. The molecule has 1 amide bonds. The molecule has 0 N–H and O–H groups in total. The van der Waals surface area contributed by atoms with E-state index in [9.17, 15) is 9.18 Å². The second-order valence-corrected chi connectivity index (χ2v) is 7.00. The zero-order valence-electron chi connectivity index (χ0n) is 14.9. The monoisotopic (exact) mass is 351 g/mol. The summed E-state index contributed by atoms with van der Waals surface area (Å²) in [5, 5.41) is 0. The number of hydrogen-bond acceptors (Lipinski definition) is 4. The summed E-state index contributed by atoms with van der Waals surface area (Å²) >= 11 is 0. The number of carbonyl (C=O) groups is 1. The van der Waals surface area contributed by atoms with Crippen molar-refractivity contribution in [3.8, 4) is 5.75 Å². The lowest BCUT2D eigenvalue weighted by Crippen LogP contribution is -2.58. The number of carbonyl (C=O) groups excluding carboxylic acids is 1. The van der Waals surface area contributed by atoms with Crippen molar-refractivity contribution in [2.75, 3.05) is 40.5 Å². The Kier molecular flexibility index (Phi) is 5.59.